The molecule has 0 aliphatic rings. The zero-order valence-corrected chi connectivity index (χ0v) is 14.3. The number of rotatable bonds is 1. The summed E-state index contributed by atoms with van der Waals surface area (Å²) in [6.45, 7) is 5.99. The van der Waals surface area contributed by atoms with E-state index in [0.29, 0.717) is 0 Å². The van der Waals surface area contributed by atoms with Crippen LogP contribution in [0.25, 0.3) is 43.1 Å². The average molecular weight is 335 g/mol. The zero-order chi connectivity index (χ0) is 16.0. The Morgan fingerprint density at radius 1 is 1.00 bits per heavy atom. The second-order valence-electron chi connectivity index (χ2n) is 5.51. The monoisotopic (exact) mass is 334 g/mol. The fourth-order valence-electron chi connectivity index (χ4n) is 3.32. The number of halogens is 1. The molecule has 4 rings (SSSR count). The van der Waals surface area contributed by atoms with Crippen molar-refractivity contribution in [3.05, 3.63) is 70.6 Å². The van der Waals surface area contributed by atoms with Crippen LogP contribution in [0, 0.1) is 0 Å². The Labute approximate surface area is 143 Å². The number of hydrogen-bond acceptors (Lipinski definition) is 1. The van der Waals surface area contributed by atoms with Gasteiger partial charge in [0, 0.05) is 30.6 Å². The molecule has 0 fully saturated rings. The van der Waals surface area contributed by atoms with Crippen molar-refractivity contribution in [2.24, 2.45) is 0 Å². The number of benzene rings is 3. The fraction of sp³-hybridized carbons (Fsp3) is 0.0476. The maximum atomic E-state index is 6.27. The maximum Gasteiger partial charge on any atom is 0.0440 e. The summed E-state index contributed by atoms with van der Waals surface area (Å²) < 4.78 is 2.63. The predicted molar refractivity (Wildman–Crippen MR) is 106 cm³/mol. The van der Waals surface area contributed by atoms with Crippen molar-refractivity contribution in [1.82, 2.24) is 0 Å². The van der Waals surface area contributed by atoms with E-state index >= 15 is 0 Å². The van der Waals surface area contributed by atoms with Crippen molar-refractivity contribution >= 4 is 66.0 Å². The topological polar surface area (TPSA) is 0 Å². The molecule has 0 saturated carbocycles. The highest BCUT2D eigenvalue weighted by atomic mass is 35.5. The summed E-state index contributed by atoms with van der Waals surface area (Å²) in [5.41, 5.74) is 0. The van der Waals surface area contributed by atoms with E-state index in [1.54, 1.807) is 0 Å². The molecule has 0 bridgehead atoms. The normalized spacial score (nSPS) is 13.5. The molecule has 0 N–H and O–H groups in total. The molecular weight excluding hydrogens is 320 g/mol. The molecule has 0 amide bonds. The van der Waals surface area contributed by atoms with Crippen LogP contribution in [0.5, 0.6) is 0 Å². The Balaban J connectivity index is 2.48. The first kappa shape index (κ1) is 14.5. The first-order valence-electron chi connectivity index (χ1n) is 7.56. The van der Waals surface area contributed by atoms with E-state index in [-0.39, 0.29) is 0 Å². The first-order chi connectivity index (χ1) is 11.2. The fourth-order valence-corrected chi connectivity index (χ4v) is 4.75. The Kier molecular flexibility index (Phi) is 3.48. The van der Waals surface area contributed by atoms with E-state index in [9.17, 15) is 0 Å². The molecule has 0 aliphatic heterocycles. The van der Waals surface area contributed by atoms with Crippen LogP contribution >= 0.6 is 22.9 Å². The highest BCUT2D eigenvalue weighted by molar-refractivity contribution is 7.26. The largest absolute Gasteiger partial charge is 0.135 e. The molecule has 4 aromatic rings. The van der Waals surface area contributed by atoms with Crippen LogP contribution in [-0.4, -0.2) is 0 Å². The van der Waals surface area contributed by atoms with Gasteiger partial charge in [-0.15, -0.1) is 11.3 Å². The van der Waals surface area contributed by atoms with Crippen molar-refractivity contribution in [2.75, 3.05) is 0 Å². The van der Waals surface area contributed by atoms with Crippen LogP contribution in [0.1, 0.15) is 6.92 Å². The Hall–Kier alpha value is -2.09. The molecule has 0 spiro atoms. The van der Waals surface area contributed by atoms with E-state index in [2.05, 4.69) is 62.1 Å². The molecular formula is C21H15ClS. The van der Waals surface area contributed by atoms with E-state index < -0.39 is 0 Å². The Bertz CT molecular complexity index is 1200. The number of fused-ring (bicyclic) bond motifs is 5. The quantitative estimate of drug-likeness (QED) is 0.423. The van der Waals surface area contributed by atoms with Crippen molar-refractivity contribution in [3.63, 3.8) is 0 Å². The second kappa shape index (κ2) is 5.52. The van der Waals surface area contributed by atoms with Gasteiger partial charge in [-0.3, -0.25) is 0 Å². The summed E-state index contributed by atoms with van der Waals surface area (Å²) in [7, 11) is 0. The summed E-state index contributed by atoms with van der Waals surface area (Å²) >= 11 is 8.11. The van der Waals surface area contributed by atoms with Crippen molar-refractivity contribution in [1.29, 1.82) is 0 Å². The SMILES string of the molecule is C=C/C=c1\c(=C/C)c2cc(Cl)ccc2c2sc3ccccc3c12. The van der Waals surface area contributed by atoms with Crippen molar-refractivity contribution in [2.45, 2.75) is 6.92 Å². The number of thiophene rings is 1. The average Bonchev–Trinajstić information content (AvgIpc) is 2.94. The minimum Gasteiger partial charge on any atom is -0.135 e. The maximum absolute atomic E-state index is 6.27. The van der Waals surface area contributed by atoms with Gasteiger partial charge in [0.15, 0.2) is 0 Å². The van der Waals surface area contributed by atoms with Crippen molar-refractivity contribution in [3.8, 4) is 0 Å². The second-order valence-corrected chi connectivity index (χ2v) is 7.00. The number of hydrogen-bond donors (Lipinski definition) is 0. The van der Waals surface area contributed by atoms with Crippen LogP contribution in [0.3, 0.4) is 0 Å². The Morgan fingerprint density at radius 2 is 1.83 bits per heavy atom. The van der Waals surface area contributed by atoms with Gasteiger partial charge in [0.25, 0.3) is 0 Å². The lowest BCUT2D eigenvalue weighted by molar-refractivity contribution is 1.64. The summed E-state index contributed by atoms with van der Waals surface area (Å²) in [4.78, 5) is 0. The summed E-state index contributed by atoms with van der Waals surface area (Å²) in [6, 6.07) is 14.8. The van der Waals surface area contributed by atoms with Gasteiger partial charge in [-0.1, -0.05) is 60.7 Å². The van der Waals surface area contributed by atoms with Gasteiger partial charge in [-0.25, -0.2) is 0 Å². The van der Waals surface area contributed by atoms with E-state index in [4.69, 9.17) is 11.6 Å². The lowest BCUT2D eigenvalue weighted by Gasteiger charge is -2.05. The summed E-state index contributed by atoms with van der Waals surface area (Å²) in [5, 5.41) is 8.30. The lowest BCUT2D eigenvalue weighted by Crippen LogP contribution is -2.25. The first-order valence-corrected chi connectivity index (χ1v) is 8.75. The summed E-state index contributed by atoms with van der Waals surface area (Å²) in [6.07, 6.45) is 6.14. The molecule has 112 valence electrons. The molecule has 3 aromatic carbocycles. The van der Waals surface area contributed by atoms with Gasteiger partial charge >= 0.3 is 0 Å². The van der Waals surface area contributed by atoms with E-state index in [0.717, 1.165) is 5.02 Å². The zero-order valence-electron chi connectivity index (χ0n) is 12.8. The molecule has 0 nitrogen and oxygen atoms in total. The van der Waals surface area contributed by atoms with Crippen molar-refractivity contribution < 1.29 is 0 Å². The molecule has 0 saturated heterocycles. The van der Waals surface area contributed by atoms with Gasteiger partial charge in [0.2, 0.25) is 0 Å². The lowest BCUT2D eigenvalue weighted by atomic mass is 10.0. The standard InChI is InChI=1S/C21H15ClS/c1-3-7-15-14(4-2)18-12-13(22)10-11-16(18)21-20(15)17-8-5-6-9-19(17)23-21/h3-12H,1H2,2H3/b14-4+,15-7+. The van der Waals surface area contributed by atoms with Gasteiger partial charge in [-0.2, -0.15) is 0 Å². The molecule has 0 unspecified atom stereocenters. The van der Waals surface area contributed by atoms with Crippen LogP contribution in [0.2, 0.25) is 5.02 Å². The molecule has 23 heavy (non-hydrogen) atoms. The van der Waals surface area contributed by atoms with Gasteiger partial charge < -0.3 is 0 Å². The third kappa shape index (κ3) is 2.12. The van der Waals surface area contributed by atoms with Crippen LogP contribution < -0.4 is 10.4 Å². The number of allylic oxidation sites excluding steroid dienone is 1. The van der Waals surface area contributed by atoms with Gasteiger partial charge in [0.05, 0.1) is 0 Å². The van der Waals surface area contributed by atoms with E-state index in [1.807, 2.05) is 23.5 Å². The van der Waals surface area contributed by atoms with Crippen LogP contribution in [0.15, 0.2) is 55.1 Å². The minimum atomic E-state index is 0.769. The molecule has 2 heteroatoms. The van der Waals surface area contributed by atoms with Crippen LogP contribution in [0.4, 0.5) is 0 Å². The van der Waals surface area contributed by atoms with Gasteiger partial charge in [0.1, 0.15) is 0 Å². The smallest absolute Gasteiger partial charge is 0.0440 e. The van der Waals surface area contributed by atoms with Crippen LogP contribution in [-0.2, 0) is 0 Å². The Morgan fingerprint density at radius 3 is 2.61 bits per heavy atom. The molecule has 0 aliphatic carbocycles. The third-order valence-corrected chi connectivity index (χ3v) is 5.68. The highest BCUT2D eigenvalue weighted by Gasteiger charge is 2.11. The van der Waals surface area contributed by atoms with Gasteiger partial charge in [-0.05, 0) is 40.9 Å². The molecule has 0 atom stereocenters. The summed E-state index contributed by atoms with van der Waals surface area (Å²) in [5.74, 6) is 0. The third-order valence-electron chi connectivity index (χ3n) is 4.24. The molecule has 1 heterocycles. The minimum absolute atomic E-state index is 0.769. The van der Waals surface area contributed by atoms with E-state index in [1.165, 1.54) is 41.4 Å². The molecule has 0 radical (unpaired) electrons. The predicted octanol–water partition coefficient (Wildman–Crippen LogP) is 5.63. The molecule has 1 aromatic heterocycles. The highest BCUT2D eigenvalue weighted by Crippen LogP contribution is 2.35.